The highest BCUT2D eigenvalue weighted by molar-refractivity contribution is 5.67. The number of rotatable bonds is 6. The minimum Gasteiger partial charge on any atom is -0.472 e. The summed E-state index contributed by atoms with van der Waals surface area (Å²) in [6, 6.07) is 0. The first kappa shape index (κ1) is 24.8. The Hall–Kier alpha value is -1.80. The number of aliphatic hydroxyl groups excluding tert-OH is 4. The first-order valence-corrected chi connectivity index (χ1v) is 10.3. The Morgan fingerprint density at radius 1 is 1.12 bits per heavy atom. The average molecular weight is 462 g/mol. The Kier molecular flexibility index (Phi) is 7.44. The molecule has 182 valence electrons. The zero-order valence-corrected chi connectivity index (χ0v) is 18.0. The molecule has 12 nitrogen and oxygen atoms in total. The maximum absolute atomic E-state index is 11.6. The van der Waals surface area contributed by atoms with Crippen LogP contribution in [-0.4, -0.2) is 99.4 Å². The van der Waals surface area contributed by atoms with E-state index >= 15 is 0 Å². The van der Waals surface area contributed by atoms with Gasteiger partial charge in [-0.05, 0) is 24.8 Å². The van der Waals surface area contributed by atoms with Crippen LogP contribution >= 0.6 is 0 Å². The van der Waals surface area contributed by atoms with Gasteiger partial charge in [-0.15, -0.1) is 0 Å². The summed E-state index contributed by atoms with van der Waals surface area (Å²) in [4.78, 5) is 23.1. The summed E-state index contributed by atoms with van der Waals surface area (Å²) in [7, 11) is 0. The van der Waals surface area contributed by atoms with Crippen LogP contribution in [0.2, 0.25) is 0 Å². The molecule has 0 radical (unpaired) electrons. The standard InChI is InChI=1S/C20H30O12/c1-8-6-28-18(32-19-17(26)16(25)15(24)12(5-21)31-19)14-11(8)4-13(30-10(3)23)20(14,27)7-29-9(2)22/h6,11-19,21,24-27H,4-5,7H2,1-3H3. The number of hydrogen-bond donors (Lipinski definition) is 5. The summed E-state index contributed by atoms with van der Waals surface area (Å²) in [5.74, 6) is -2.60. The van der Waals surface area contributed by atoms with Crippen LogP contribution in [0, 0.1) is 11.8 Å². The maximum atomic E-state index is 11.6. The van der Waals surface area contributed by atoms with E-state index in [1.807, 2.05) is 0 Å². The Bertz CT molecular complexity index is 738. The van der Waals surface area contributed by atoms with Crippen LogP contribution in [-0.2, 0) is 33.3 Å². The number of aliphatic hydroxyl groups is 5. The molecule has 0 spiro atoms. The molecule has 0 bridgehead atoms. The fourth-order valence-electron chi connectivity index (χ4n) is 4.57. The first-order valence-electron chi connectivity index (χ1n) is 10.3. The Morgan fingerprint density at radius 3 is 2.41 bits per heavy atom. The second kappa shape index (κ2) is 9.59. The van der Waals surface area contributed by atoms with Crippen molar-refractivity contribution in [2.24, 2.45) is 11.8 Å². The van der Waals surface area contributed by atoms with Crippen LogP contribution in [0.5, 0.6) is 0 Å². The molecule has 5 N–H and O–H groups in total. The number of carbonyl (C=O) groups is 2. The average Bonchev–Trinajstić information content (AvgIpc) is 3.02. The molecule has 1 aliphatic carbocycles. The highest BCUT2D eigenvalue weighted by Gasteiger charge is 2.63. The zero-order chi connectivity index (χ0) is 23.8. The number of carbonyl (C=O) groups excluding carboxylic acids is 2. The smallest absolute Gasteiger partial charge is 0.303 e. The van der Waals surface area contributed by atoms with Gasteiger partial charge < -0.3 is 49.2 Å². The zero-order valence-electron chi connectivity index (χ0n) is 18.0. The first-order chi connectivity index (χ1) is 15.0. The summed E-state index contributed by atoms with van der Waals surface area (Å²) in [5, 5.41) is 51.2. The predicted octanol–water partition coefficient (Wildman–Crippen LogP) is -2.07. The van der Waals surface area contributed by atoms with E-state index in [0.29, 0.717) is 0 Å². The van der Waals surface area contributed by atoms with Crippen molar-refractivity contribution in [3.63, 3.8) is 0 Å². The van der Waals surface area contributed by atoms with Crippen molar-refractivity contribution in [1.29, 1.82) is 0 Å². The molecule has 2 heterocycles. The summed E-state index contributed by atoms with van der Waals surface area (Å²) in [6.07, 6.45) is -8.36. The molecule has 1 saturated carbocycles. The van der Waals surface area contributed by atoms with E-state index in [9.17, 15) is 35.1 Å². The van der Waals surface area contributed by atoms with Gasteiger partial charge in [0.15, 0.2) is 6.29 Å². The lowest BCUT2D eigenvalue weighted by atomic mass is 9.81. The van der Waals surface area contributed by atoms with Crippen molar-refractivity contribution in [1.82, 2.24) is 0 Å². The number of hydrogen-bond acceptors (Lipinski definition) is 12. The third-order valence-electron chi connectivity index (χ3n) is 6.23. The highest BCUT2D eigenvalue weighted by Crippen LogP contribution is 2.50. The van der Waals surface area contributed by atoms with E-state index in [0.717, 1.165) is 5.57 Å². The van der Waals surface area contributed by atoms with Gasteiger partial charge in [0, 0.05) is 13.8 Å². The van der Waals surface area contributed by atoms with Crippen LogP contribution in [0.15, 0.2) is 11.8 Å². The second-order valence-corrected chi connectivity index (χ2v) is 8.44. The molecule has 32 heavy (non-hydrogen) atoms. The van der Waals surface area contributed by atoms with Crippen molar-refractivity contribution in [2.45, 2.75) is 75.9 Å². The monoisotopic (exact) mass is 462 g/mol. The molecule has 1 saturated heterocycles. The van der Waals surface area contributed by atoms with Gasteiger partial charge >= 0.3 is 11.9 Å². The number of ether oxygens (including phenoxy) is 5. The molecule has 0 amide bonds. The molecule has 0 aromatic carbocycles. The van der Waals surface area contributed by atoms with Gasteiger partial charge in [0.1, 0.15) is 42.7 Å². The molecule has 10 unspecified atom stereocenters. The van der Waals surface area contributed by atoms with Crippen molar-refractivity contribution >= 4 is 11.9 Å². The van der Waals surface area contributed by atoms with E-state index in [1.165, 1.54) is 20.1 Å². The van der Waals surface area contributed by atoms with E-state index in [1.54, 1.807) is 6.92 Å². The summed E-state index contributed by atoms with van der Waals surface area (Å²) in [5.41, 5.74) is -1.17. The molecule has 10 atom stereocenters. The van der Waals surface area contributed by atoms with Gasteiger partial charge in [-0.1, -0.05) is 0 Å². The van der Waals surface area contributed by atoms with Crippen LogP contribution in [0.4, 0.5) is 0 Å². The minimum absolute atomic E-state index is 0.197. The molecule has 12 heteroatoms. The van der Waals surface area contributed by atoms with Gasteiger partial charge in [-0.3, -0.25) is 9.59 Å². The lowest BCUT2D eigenvalue weighted by molar-refractivity contribution is -0.348. The fraction of sp³-hybridized carbons (Fsp3) is 0.800. The van der Waals surface area contributed by atoms with Crippen LogP contribution in [0.3, 0.4) is 0 Å². The van der Waals surface area contributed by atoms with E-state index in [2.05, 4.69) is 0 Å². The normalized spacial score (nSPS) is 43.6. The number of allylic oxidation sites excluding steroid dienone is 1. The van der Waals surface area contributed by atoms with Gasteiger partial charge in [-0.25, -0.2) is 0 Å². The molecular formula is C20H30O12. The molecule has 2 fully saturated rings. The second-order valence-electron chi connectivity index (χ2n) is 8.44. The largest absolute Gasteiger partial charge is 0.472 e. The molecular weight excluding hydrogens is 432 g/mol. The van der Waals surface area contributed by atoms with Gasteiger partial charge in [-0.2, -0.15) is 0 Å². The topological polar surface area (TPSA) is 181 Å². The van der Waals surface area contributed by atoms with Gasteiger partial charge in [0.05, 0.1) is 18.8 Å². The van der Waals surface area contributed by atoms with Crippen molar-refractivity contribution in [2.75, 3.05) is 13.2 Å². The quantitative estimate of drug-likeness (QED) is 0.272. The molecule has 2 aliphatic heterocycles. The predicted molar refractivity (Wildman–Crippen MR) is 102 cm³/mol. The molecule has 0 aromatic heterocycles. The summed E-state index contributed by atoms with van der Waals surface area (Å²) < 4.78 is 27.1. The van der Waals surface area contributed by atoms with E-state index in [-0.39, 0.29) is 6.42 Å². The van der Waals surface area contributed by atoms with Crippen molar-refractivity contribution in [3.05, 3.63) is 11.8 Å². The Morgan fingerprint density at radius 2 is 1.81 bits per heavy atom. The Labute approximate surface area is 184 Å². The molecule has 0 aromatic rings. The van der Waals surface area contributed by atoms with Crippen LogP contribution in [0.1, 0.15) is 27.2 Å². The van der Waals surface area contributed by atoms with Gasteiger partial charge in [0.2, 0.25) is 6.29 Å². The van der Waals surface area contributed by atoms with Gasteiger partial charge in [0.25, 0.3) is 0 Å². The lowest BCUT2D eigenvalue weighted by Crippen LogP contribution is -2.61. The number of fused-ring (bicyclic) bond motifs is 1. The number of esters is 2. The van der Waals surface area contributed by atoms with E-state index in [4.69, 9.17) is 23.7 Å². The minimum atomic E-state index is -1.89. The summed E-state index contributed by atoms with van der Waals surface area (Å²) in [6.45, 7) is 2.96. The third kappa shape index (κ3) is 4.62. The lowest BCUT2D eigenvalue weighted by Gasteiger charge is -2.44. The van der Waals surface area contributed by atoms with Crippen molar-refractivity contribution in [3.8, 4) is 0 Å². The fourth-order valence-corrected chi connectivity index (χ4v) is 4.57. The maximum Gasteiger partial charge on any atom is 0.303 e. The third-order valence-corrected chi connectivity index (χ3v) is 6.23. The molecule has 3 rings (SSSR count). The van der Waals surface area contributed by atoms with Crippen LogP contribution < -0.4 is 0 Å². The van der Waals surface area contributed by atoms with E-state index < -0.39 is 85.7 Å². The van der Waals surface area contributed by atoms with Crippen LogP contribution in [0.25, 0.3) is 0 Å². The van der Waals surface area contributed by atoms with Crippen molar-refractivity contribution < 1.29 is 58.8 Å². The molecule has 3 aliphatic rings. The highest BCUT2D eigenvalue weighted by atomic mass is 16.8. The Balaban J connectivity index is 1.89. The summed E-state index contributed by atoms with van der Waals surface area (Å²) >= 11 is 0. The SMILES string of the molecule is CC(=O)OCC1(O)C(OC(C)=O)CC2C(C)=COC(OC3OC(CO)C(O)C(O)C3O)C21.